The van der Waals surface area contributed by atoms with E-state index in [4.69, 9.17) is 11.0 Å². The van der Waals surface area contributed by atoms with Gasteiger partial charge in [0, 0.05) is 19.5 Å². The summed E-state index contributed by atoms with van der Waals surface area (Å²) < 4.78 is 0. The fraction of sp³-hybridized carbons (Fsp3) is 0.923. The third kappa shape index (κ3) is 3.77. The van der Waals surface area contributed by atoms with Crippen molar-refractivity contribution in [1.29, 1.82) is 5.26 Å². The lowest BCUT2D eigenvalue weighted by Gasteiger charge is -2.33. The Morgan fingerprint density at radius 1 is 1.44 bits per heavy atom. The van der Waals surface area contributed by atoms with Gasteiger partial charge in [-0.2, -0.15) is 5.26 Å². The van der Waals surface area contributed by atoms with Gasteiger partial charge in [0.1, 0.15) is 0 Å². The molecule has 1 aliphatic carbocycles. The molecule has 3 nitrogen and oxygen atoms in total. The predicted molar refractivity (Wildman–Crippen MR) is 66.8 cm³/mol. The van der Waals surface area contributed by atoms with Crippen molar-refractivity contribution in [1.82, 2.24) is 4.90 Å². The molecule has 1 saturated carbocycles. The van der Waals surface area contributed by atoms with Crippen molar-refractivity contribution in [2.24, 2.45) is 16.6 Å². The van der Waals surface area contributed by atoms with Crippen molar-refractivity contribution in [2.75, 3.05) is 26.2 Å². The highest BCUT2D eigenvalue weighted by molar-refractivity contribution is 5.01. The van der Waals surface area contributed by atoms with Gasteiger partial charge in [0.25, 0.3) is 0 Å². The minimum Gasteiger partial charge on any atom is -0.330 e. The number of nitriles is 1. The van der Waals surface area contributed by atoms with Gasteiger partial charge in [0.15, 0.2) is 0 Å². The third-order valence-electron chi connectivity index (χ3n) is 3.62. The minimum atomic E-state index is 0.179. The summed E-state index contributed by atoms with van der Waals surface area (Å²) in [5, 5.41) is 8.82. The minimum absolute atomic E-state index is 0.179. The van der Waals surface area contributed by atoms with E-state index in [0.29, 0.717) is 11.8 Å². The van der Waals surface area contributed by atoms with Crippen LogP contribution in [0.15, 0.2) is 0 Å². The van der Waals surface area contributed by atoms with Crippen LogP contribution in [0.5, 0.6) is 0 Å². The van der Waals surface area contributed by atoms with Crippen molar-refractivity contribution >= 4 is 0 Å². The average molecular weight is 223 g/mol. The van der Waals surface area contributed by atoms with E-state index in [1.807, 2.05) is 0 Å². The fourth-order valence-corrected chi connectivity index (χ4v) is 2.16. The molecular formula is C13H25N3. The molecule has 0 heterocycles. The maximum atomic E-state index is 8.82. The highest BCUT2D eigenvalue weighted by Gasteiger charge is 2.43. The SMILES string of the molecule is CCN(CC(C)(C)CN)CC1(CC#N)CC1. The molecule has 0 saturated heterocycles. The van der Waals surface area contributed by atoms with E-state index in [9.17, 15) is 0 Å². The van der Waals surface area contributed by atoms with Crippen LogP contribution < -0.4 is 5.73 Å². The van der Waals surface area contributed by atoms with E-state index in [-0.39, 0.29) is 5.41 Å². The molecule has 0 aliphatic heterocycles. The number of hydrogen-bond acceptors (Lipinski definition) is 3. The van der Waals surface area contributed by atoms with E-state index in [1.165, 1.54) is 12.8 Å². The zero-order chi connectivity index (χ0) is 12.2. The maximum Gasteiger partial charge on any atom is 0.0628 e. The van der Waals surface area contributed by atoms with Crippen molar-refractivity contribution < 1.29 is 0 Å². The third-order valence-corrected chi connectivity index (χ3v) is 3.62. The summed E-state index contributed by atoms with van der Waals surface area (Å²) in [4.78, 5) is 2.46. The van der Waals surface area contributed by atoms with Crippen molar-refractivity contribution in [3.63, 3.8) is 0 Å². The van der Waals surface area contributed by atoms with E-state index in [0.717, 1.165) is 26.2 Å². The molecule has 92 valence electrons. The van der Waals surface area contributed by atoms with Crippen LogP contribution in [0.2, 0.25) is 0 Å². The average Bonchev–Trinajstić information content (AvgIpc) is 2.97. The van der Waals surface area contributed by atoms with Crippen LogP contribution in [0.4, 0.5) is 0 Å². The first-order valence-corrected chi connectivity index (χ1v) is 6.26. The van der Waals surface area contributed by atoms with Crippen LogP contribution in [-0.2, 0) is 0 Å². The summed E-state index contributed by atoms with van der Waals surface area (Å²) in [5.74, 6) is 0. The van der Waals surface area contributed by atoms with Gasteiger partial charge in [0.2, 0.25) is 0 Å². The lowest BCUT2D eigenvalue weighted by Crippen LogP contribution is -2.41. The van der Waals surface area contributed by atoms with Gasteiger partial charge in [-0.3, -0.25) is 0 Å². The van der Waals surface area contributed by atoms with Crippen LogP contribution in [0.25, 0.3) is 0 Å². The molecule has 1 rings (SSSR count). The Balaban J connectivity index is 2.47. The maximum absolute atomic E-state index is 8.82. The second kappa shape index (κ2) is 5.16. The second-order valence-corrected chi connectivity index (χ2v) is 6.01. The molecule has 1 fully saturated rings. The van der Waals surface area contributed by atoms with Gasteiger partial charge >= 0.3 is 0 Å². The lowest BCUT2D eigenvalue weighted by atomic mass is 9.92. The molecule has 2 N–H and O–H groups in total. The molecule has 0 spiro atoms. The number of nitrogens with two attached hydrogens (primary N) is 1. The largest absolute Gasteiger partial charge is 0.330 e. The standard InChI is InChI=1S/C13H25N3/c1-4-16(10-12(2,3)9-15)11-13(5-6-13)7-8-14/h4-7,9-11,15H2,1-3H3. The van der Waals surface area contributed by atoms with Gasteiger partial charge in [-0.25, -0.2) is 0 Å². The van der Waals surface area contributed by atoms with Gasteiger partial charge in [-0.05, 0) is 36.8 Å². The van der Waals surface area contributed by atoms with E-state index in [1.54, 1.807) is 0 Å². The highest BCUT2D eigenvalue weighted by atomic mass is 15.1. The normalized spacial score (nSPS) is 18.5. The Bertz CT molecular complexity index is 261. The molecule has 0 atom stereocenters. The Kier molecular flexibility index (Phi) is 4.35. The first-order chi connectivity index (χ1) is 7.47. The van der Waals surface area contributed by atoms with Crippen molar-refractivity contribution in [3.8, 4) is 6.07 Å². The zero-order valence-electron chi connectivity index (χ0n) is 10.9. The molecule has 0 aromatic carbocycles. The van der Waals surface area contributed by atoms with E-state index < -0.39 is 0 Å². The highest BCUT2D eigenvalue weighted by Crippen LogP contribution is 2.49. The van der Waals surface area contributed by atoms with Crippen LogP contribution in [0.1, 0.15) is 40.0 Å². The summed E-state index contributed by atoms with van der Waals surface area (Å²) in [6.45, 7) is 10.5. The molecule has 16 heavy (non-hydrogen) atoms. The summed E-state index contributed by atoms with van der Waals surface area (Å²) in [6, 6.07) is 2.33. The second-order valence-electron chi connectivity index (χ2n) is 6.01. The van der Waals surface area contributed by atoms with Gasteiger partial charge in [0.05, 0.1) is 6.07 Å². The zero-order valence-corrected chi connectivity index (χ0v) is 10.9. The number of rotatable bonds is 7. The lowest BCUT2D eigenvalue weighted by molar-refractivity contribution is 0.160. The molecule has 0 radical (unpaired) electrons. The number of nitrogens with zero attached hydrogens (tertiary/aromatic N) is 2. The molecule has 3 heteroatoms. The molecular weight excluding hydrogens is 198 g/mol. The van der Waals surface area contributed by atoms with Gasteiger partial charge in [-0.1, -0.05) is 20.8 Å². The Morgan fingerprint density at radius 3 is 2.44 bits per heavy atom. The molecule has 0 aromatic rings. The summed E-state index contributed by atoms with van der Waals surface area (Å²) in [7, 11) is 0. The smallest absolute Gasteiger partial charge is 0.0628 e. The van der Waals surface area contributed by atoms with E-state index in [2.05, 4.69) is 31.7 Å². The van der Waals surface area contributed by atoms with Crippen molar-refractivity contribution in [2.45, 2.75) is 40.0 Å². The predicted octanol–water partition coefficient (Wildman–Crippen LogP) is 1.99. The Hall–Kier alpha value is -0.590. The molecule has 1 aliphatic rings. The molecule has 0 bridgehead atoms. The van der Waals surface area contributed by atoms with E-state index >= 15 is 0 Å². The molecule has 0 unspecified atom stereocenters. The topological polar surface area (TPSA) is 53.0 Å². The quantitative estimate of drug-likeness (QED) is 0.718. The van der Waals surface area contributed by atoms with Crippen LogP contribution in [-0.4, -0.2) is 31.1 Å². The summed E-state index contributed by atoms with van der Waals surface area (Å²) >= 11 is 0. The van der Waals surface area contributed by atoms with Gasteiger partial charge < -0.3 is 10.6 Å². The van der Waals surface area contributed by atoms with Crippen molar-refractivity contribution in [3.05, 3.63) is 0 Å². The van der Waals surface area contributed by atoms with Crippen LogP contribution in [0, 0.1) is 22.2 Å². The molecule has 0 aromatic heterocycles. The molecule has 0 amide bonds. The van der Waals surface area contributed by atoms with Crippen LogP contribution in [0.3, 0.4) is 0 Å². The Labute approximate surface area is 99.6 Å². The fourth-order valence-electron chi connectivity index (χ4n) is 2.16. The summed E-state index contributed by atoms with van der Waals surface area (Å²) in [5.41, 5.74) is 6.26. The van der Waals surface area contributed by atoms with Crippen LogP contribution >= 0.6 is 0 Å². The number of hydrogen-bond donors (Lipinski definition) is 1. The summed E-state index contributed by atoms with van der Waals surface area (Å²) in [6.07, 6.45) is 3.16. The Morgan fingerprint density at radius 2 is 2.06 bits per heavy atom. The first-order valence-electron chi connectivity index (χ1n) is 6.26. The van der Waals surface area contributed by atoms with Gasteiger partial charge in [-0.15, -0.1) is 0 Å². The monoisotopic (exact) mass is 223 g/mol. The first kappa shape index (κ1) is 13.5.